The van der Waals surface area contributed by atoms with Crippen LogP contribution in [-0.4, -0.2) is 55.0 Å². The van der Waals surface area contributed by atoms with Gasteiger partial charge in [-0.05, 0) is 25.7 Å². The van der Waals surface area contributed by atoms with E-state index in [0.717, 1.165) is 25.7 Å². The fourth-order valence-electron chi connectivity index (χ4n) is 4.32. The average molecular weight is 419 g/mol. The van der Waals surface area contributed by atoms with Crippen LogP contribution in [0.2, 0.25) is 0 Å². The van der Waals surface area contributed by atoms with Crippen molar-refractivity contribution in [2.24, 2.45) is 5.92 Å². The maximum atomic E-state index is 12.8. The van der Waals surface area contributed by atoms with Crippen LogP contribution in [0.25, 0.3) is 0 Å². The van der Waals surface area contributed by atoms with Crippen LogP contribution >= 0.6 is 0 Å². The topological polar surface area (TPSA) is 111 Å². The molecule has 1 aliphatic carbocycles. The van der Waals surface area contributed by atoms with Gasteiger partial charge in [-0.1, -0.05) is 19.3 Å². The number of amides is 2. The number of nitro groups is 1. The first-order chi connectivity index (χ1) is 14.4. The van der Waals surface area contributed by atoms with Crippen LogP contribution in [0, 0.1) is 16.0 Å². The first kappa shape index (κ1) is 21.9. The highest BCUT2D eigenvalue weighted by Gasteiger charge is 2.31. The second-order valence-corrected chi connectivity index (χ2v) is 7.89. The molecule has 0 atom stereocenters. The number of nitrogens with zero attached hydrogens (tertiary/aromatic N) is 2. The summed E-state index contributed by atoms with van der Waals surface area (Å²) < 4.78 is 10.3. The summed E-state index contributed by atoms with van der Waals surface area (Å²) in [6, 6.07) is 2.38. The summed E-state index contributed by atoms with van der Waals surface area (Å²) >= 11 is 0. The minimum Gasteiger partial charge on any atom is -0.493 e. The molecular weight excluding hydrogens is 390 g/mol. The van der Waals surface area contributed by atoms with Gasteiger partial charge in [-0.25, -0.2) is 0 Å². The lowest BCUT2D eigenvalue weighted by Crippen LogP contribution is -2.48. The summed E-state index contributed by atoms with van der Waals surface area (Å²) in [6.07, 6.45) is 6.65. The second kappa shape index (κ2) is 9.77. The van der Waals surface area contributed by atoms with E-state index in [2.05, 4.69) is 5.32 Å². The molecule has 0 bridgehead atoms. The predicted octanol–water partition coefficient (Wildman–Crippen LogP) is 2.91. The minimum atomic E-state index is -0.609. The number of nitrogens with one attached hydrogen (secondary N) is 1. The number of benzene rings is 1. The number of carbonyl (C=O) groups excluding carboxylic acids is 2. The Labute approximate surface area is 175 Å². The van der Waals surface area contributed by atoms with Gasteiger partial charge in [0.2, 0.25) is 5.91 Å². The van der Waals surface area contributed by atoms with Crippen molar-refractivity contribution in [2.45, 2.75) is 51.0 Å². The Morgan fingerprint density at radius 1 is 1.03 bits per heavy atom. The van der Waals surface area contributed by atoms with Crippen molar-refractivity contribution in [1.29, 1.82) is 0 Å². The van der Waals surface area contributed by atoms with Crippen LogP contribution in [0.5, 0.6) is 11.5 Å². The smallest absolute Gasteiger partial charge is 0.286 e. The Hall–Kier alpha value is -2.84. The van der Waals surface area contributed by atoms with Gasteiger partial charge in [0.25, 0.3) is 11.6 Å². The van der Waals surface area contributed by atoms with Gasteiger partial charge in [-0.2, -0.15) is 0 Å². The number of hydrogen-bond donors (Lipinski definition) is 1. The van der Waals surface area contributed by atoms with Crippen molar-refractivity contribution < 1.29 is 24.0 Å². The third-order valence-corrected chi connectivity index (χ3v) is 6.04. The van der Waals surface area contributed by atoms with Gasteiger partial charge in [-0.3, -0.25) is 19.7 Å². The molecule has 30 heavy (non-hydrogen) atoms. The predicted molar refractivity (Wildman–Crippen MR) is 110 cm³/mol. The molecule has 9 nitrogen and oxygen atoms in total. The molecule has 0 unspecified atom stereocenters. The molecule has 2 amide bonds. The van der Waals surface area contributed by atoms with Crippen LogP contribution in [0.4, 0.5) is 5.69 Å². The van der Waals surface area contributed by atoms with E-state index in [4.69, 9.17) is 9.47 Å². The molecule has 2 fully saturated rings. The number of ether oxygens (including phenoxy) is 2. The molecule has 0 radical (unpaired) electrons. The standard InChI is InChI=1S/C21H29N3O6/c1-29-18-12-16(17(24(27)28)13-19(18)30-2)20(25)22-15-8-10-23(11-9-15)21(26)14-6-4-3-5-7-14/h12-15H,3-11H2,1-2H3,(H,22,25). The van der Waals surface area contributed by atoms with Crippen LogP contribution in [0.1, 0.15) is 55.3 Å². The van der Waals surface area contributed by atoms with Crippen molar-refractivity contribution in [2.75, 3.05) is 27.3 Å². The number of likely N-dealkylation sites (tertiary alicyclic amines) is 1. The summed E-state index contributed by atoms with van der Waals surface area (Å²) in [4.78, 5) is 38.2. The molecule has 164 valence electrons. The number of piperidine rings is 1. The van der Waals surface area contributed by atoms with Crippen molar-refractivity contribution in [3.63, 3.8) is 0 Å². The number of hydrogen-bond acceptors (Lipinski definition) is 6. The highest BCUT2D eigenvalue weighted by molar-refractivity contribution is 5.99. The number of nitro benzene ring substituents is 1. The van der Waals surface area contributed by atoms with Gasteiger partial charge in [-0.15, -0.1) is 0 Å². The van der Waals surface area contributed by atoms with Gasteiger partial charge in [0.1, 0.15) is 5.56 Å². The number of methoxy groups -OCH3 is 2. The summed E-state index contributed by atoms with van der Waals surface area (Å²) in [5.41, 5.74) is -0.409. The molecule has 0 aromatic heterocycles. The molecule has 2 aliphatic rings. The van der Waals surface area contributed by atoms with Crippen molar-refractivity contribution in [3.05, 3.63) is 27.8 Å². The van der Waals surface area contributed by atoms with Crippen molar-refractivity contribution in [3.8, 4) is 11.5 Å². The summed E-state index contributed by atoms with van der Waals surface area (Å²) in [6.45, 7) is 1.18. The fraction of sp³-hybridized carbons (Fsp3) is 0.619. The monoisotopic (exact) mass is 419 g/mol. The Kier molecular flexibility index (Phi) is 7.12. The first-order valence-electron chi connectivity index (χ1n) is 10.4. The Morgan fingerprint density at radius 2 is 1.63 bits per heavy atom. The van der Waals surface area contributed by atoms with Crippen molar-refractivity contribution >= 4 is 17.5 Å². The van der Waals surface area contributed by atoms with Gasteiger partial charge >= 0.3 is 0 Å². The summed E-state index contributed by atoms with van der Waals surface area (Å²) in [5.74, 6) is 0.283. The minimum absolute atomic E-state index is 0.0710. The maximum absolute atomic E-state index is 12.8. The molecule has 9 heteroatoms. The van der Waals surface area contributed by atoms with E-state index < -0.39 is 10.8 Å². The zero-order chi connectivity index (χ0) is 21.7. The quantitative estimate of drug-likeness (QED) is 0.561. The zero-order valence-corrected chi connectivity index (χ0v) is 17.5. The van der Waals surface area contributed by atoms with E-state index in [1.165, 1.54) is 32.8 Å². The van der Waals surface area contributed by atoms with E-state index in [9.17, 15) is 19.7 Å². The van der Waals surface area contributed by atoms with Gasteiger partial charge in [0, 0.05) is 31.1 Å². The Morgan fingerprint density at radius 3 is 2.20 bits per heavy atom. The number of carbonyl (C=O) groups is 2. The lowest BCUT2D eigenvalue weighted by Gasteiger charge is -2.35. The normalized spacial score (nSPS) is 18.0. The lowest BCUT2D eigenvalue weighted by atomic mass is 9.87. The molecule has 1 saturated carbocycles. The summed E-state index contributed by atoms with van der Waals surface area (Å²) in [5, 5.41) is 14.3. The molecule has 3 rings (SSSR count). The average Bonchev–Trinajstić information content (AvgIpc) is 2.78. The highest BCUT2D eigenvalue weighted by Crippen LogP contribution is 2.34. The third-order valence-electron chi connectivity index (χ3n) is 6.04. The molecule has 1 aromatic carbocycles. The third kappa shape index (κ3) is 4.83. The van der Waals surface area contributed by atoms with Crippen LogP contribution < -0.4 is 14.8 Å². The van der Waals surface area contributed by atoms with Crippen LogP contribution in [0.3, 0.4) is 0 Å². The molecule has 1 N–H and O–H groups in total. The molecule has 1 aliphatic heterocycles. The number of rotatable bonds is 6. The van der Waals surface area contributed by atoms with Crippen LogP contribution in [0.15, 0.2) is 12.1 Å². The Bertz CT molecular complexity index is 798. The molecule has 1 aromatic rings. The molecule has 0 spiro atoms. The maximum Gasteiger partial charge on any atom is 0.286 e. The SMILES string of the molecule is COc1cc(C(=O)NC2CCN(C(=O)C3CCCCC3)CC2)c([N+](=O)[O-])cc1OC. The molecule has 1 heterocycles. The fourth-order valence-corrected chi connectivity index (χ4v) is 4.32. The highest BCUT2D eigenvalue weighted by atomic mass is 16.6. The van der Waals surface area contributed by atoms with E-state index >= 15 is 0 Å². The molecule has 1 saturated heterocycles. The van der Waals surface area contributed by atoms with E-state index in [0.29, 0.717) is 25.9 Å². The zero-order valence-electron chi connectivity index (χ0n) is 17.5. The Balaban J connectivity index is 1.63. The van der Waals surface area contributed by atoms with Gasteiger partial charge < -0.3 is 19.7 Å². The molecular formula is C21H29N3O6. The van der Waals surface area contributed by atoms with E-state index in [1.807, 2.05) is 4.90 Å². The van der Waals surface area contributed by atoms with Gasteiger partial charge in [0.15, 0.2) is 11.5 Å². The van der Waals surface area contributed by atoms with E-state index in [-0.39, 0.29) is 40.6 Å². The van der Waals surface area contributed by atoms with E-state index in [1.54, 1.807) is 0 Å². The lowest BCUT2D eigenvalue weighted by molar-refractivity contribution is -0.385. The second-order valence-electron chi connectivity index (χ2n) is 7.89. The van der Waals surface area contributed by atoms with Gasteiger partial charge in [0.05, 0.1) is 25.2 Å². The van der Waals surface area contributed by atoms with Crippen LogP contribution in [-0.2, 0) is 4.79 Å². The van der Waals surface area contributed by atoms with Crippen molar-refractivity contribution in [1.82, 2.24) is 10.2 Å². The first-order valence-corrected chi connectivity index (χ1v) is 10.4. The largest absolute Gasteiger partial charge is 0.493 e. The summed E-state index contributed by atoms with van der Waals surface area (Å²) in [7, 11) is 2.79.